The lowest BCUT2D eigenvalue weighted by Crippen LogP contribution is -2.29. The van der Waals surface area contributed by atoms with Crippen molar-refractivity contribution in [2.24, 2.45) is 0 Å². The number of nitrogens with one attached hydrogen (secondary N) is 1. The van der Waals surface area contributed by atoms with Crippen LogP contribution in [0.2, 0.25) is 0 Å². The van der Waals surface area contributed by atoms with Crippen LogP contribution in [0.1, 0.15) is 43.7 Å². The van der Waals surface area contributed by atoms with E-state index < -0.39 is 11.8 Å². The Morgan fingerprint density at radius 1 is 0.914 bits per heavy atom. The number of imide groups is 1. The minimum Gasteiger partial charge on any atom is -0.494 e. The molecule has 0 bridgehead atoms. The maximum absolute atomic E-state index is 13.1. The van der Waals surface area contributed by atoms with Gasteiger partial charge in [0.2, 0.25) is 0 Å². The molecule has 8 nitrogen and oxygen atoms in total. The zero-order chi connectivity index (χ0) is 24.5. The Balaban J connectivity index is 1.37. The lowest BCUT2D eigenvalue weighted by Gasteiger charge is -2.14. The van der Waals surface area contributed by atoms with Crippen LogP contribution in [0.25, 0.3) is 5.69 Å². The summed E-state index contributed by atoms with van der Waals surface area (Å²) in [6, 6.07) is 20.5. The molecule has 0 aliphatic carbocycles. The van der Waals surface area contributed by atoms with Crippen LogP contribution in [0.5, 0.6) is 5.75 Å². The summed E-state index contributed by atoms with van der Waals surface area (Å²) in [7, 11) is 0. The Hall–Kier alpha value is -4.72. The highest BCUT2D eigenvalue weighted by molar-refractivity contribution is 6.34. The van der Waals surface area contributed by atoms with Crippen molar-refractivity contribution in [3.05, 3.63) is 101 Å². The third kappa shape index (κ3) is 4.06. The van der Waals surface area contributed by atoms with Gasteiger partial charge in [-0.15, -0.1) is 0 Å². The minimum atomic E-state index is -0.472. The molecule has 8 heteroatoms. The van der Waals surface area contributed by atoms with E-state index in [9.17, 15) is 14.4 Å². The second kappa shape index (κ2) is 8.90. The number of nitrogens with zero attached hydrogens (tertiary/aromatic N) is 3. The fourth-order valence-corrected chi connectivity index (χ4v) is 4.03. The molecule has 3 amide bonds. The van der Waals surface area contributed by atoms with Gasteiger partial charge in [0.15, 0.2) is 0 Å². The van der Waals surface area contributed by atoms with E-state index in [1.807, 2.05) is 38.1 Å². The van der Waals surface area contributed by atoms with Gasteiger partial charge in [-0.2, -0.15) is 5.10 Å². The van der Waals surface area contributed by atoms with Crippen molar-refractivity contribution < 1.29 is 19.1 Å². The number of rotatable bonds is 6. The van der Waals surface area contributed by atoms with Gasteiger partial charge in [-0.05, 0) is 80.6 Å². The lowest BCUT2D eigenvalue weighted by atomic mass is 10.1. The first-order chi connectivity index (χ1) is 17.0. The summed E-state index contributed by atoms with van der Waals surface area (Å²) < 4.78 is 7.20. The molecular formula is C27H22N4O4. The number of ether oxygens (including phenoxy) is 1. The summed E-state index contributed by atoms with van der Waals surface area (Å²) >= 11 is 0. The van der Waals surface area contributed by atoms with E-state index in [-0.39, 0.29) is 22.6 Å². The second-order valence-electron chi connectivity index (χ2n) is 8.02. The zero-order valence-corrected chi connectivity index (χ0v) is 19.2. The summed E-state index contributed by atoms with van der Waals surface area (Å²) in [6.07, 6.45) is 1.71. The zero-order valence-electron chi connectivity index (χ0n) is 19.2. The summed E-state index contributed by atoms with van der Waals surface area (Å²) in [4.78, 5) is 40.1. The molecule has 5 rings (SSSR count). The Labute approximate surface area is 201 Å². The SMILES string of the molecule is CCOc1ccc(N2C(=O)c3ccc(C(=O)Nc4cccc(-n5nccc5C)c4)cc3C2=O)cc1. The molecule has 0 unspecified atom stereocenters. The molecule has 1 N–H and O–H groups in total. The highest BCUT2D eigenvalue weighted by Gasteiger charge is 2.37. The highest BCUT2D eigenvalue weighted by Crippen LogP contribution is 2.30. The first kappa shape index (κ1) is 22.1. The molecule has 3 aromatic carbocycles. The van der Waals surface area contributed by atoms with Crippen LogP contribution in [0.15, 0.2) is 79.0 Å². The second-order valence-corrected chi connectivity index (χ2v) is 8.02. The summed E-state index contributed by atoms with van der Waals surface area (Å²) in [5, 5.41) is 7.14. The number of fused-ring (bicyclic) bond motifs is 1. The Morgan fingerprint density at radius 2 is 1.69 bits per heavy atom. The van der Waals surface area contributed by atoms with Gasteiger partial charge in [-0.1, -0.05) is 6.07 Å². The number of benzene rings is 3. The van der Waals surface area contributed by atoms with Gasteiger partial charge in [0.05, 0.1) is 29.1 Å². The van der Waals surface area contributed by atoms with Gasteiger partial charge >= 0.3 is 0 Å². The molecule has 0 spiro atoms. The molecule has 1 aliphatic rings. The molecule has 0 atom stereocenters. The molecule has 1 aliphatic heterocycles. The molecular weight excluding hydrogens is 444 g/mol. The van der Waals surface area contributed by atoms with E-state index in [4.69, 9.17) is 4.74 Å². The third-order valence-corrected chi connectivity index (χ3v) is 5.74. The van der Waals surface area contributed by atoms with Crippen LogP contribution in [-0.2, 0) is 0 Å². The standard InChI is InChI=1S/C27H22N4O4/c1-3-35-22-10-8-20(9-11-22)30-26(33)23-12-7-18(15-24(23)27(30)34)25(32)29-19-5-4-6-21(16-19)31-17(2)13-14-28-31/h4-16H,3H2,1-2H3,(H,29,32). The Morgan fingerprint density at radius 3 is 2.40 bits per heavy atom. The molecule has 2 heterocycles. The van der Waals surface area contributed by atoms with Gasteiger partial charge in [-0.3, -0.25) is 14.4 Å². The first-order valence-electron chi connectivity index (χ1n) is 11.1. The monoisotopic (exact) mass is 466 g/mol. The number of hydrogen-bond donors (Lipinski definition) is 1. The molecule has 0 saturated heterocycles. The number of carbonyl (C=O) groups is 3. The first-order valence-corrected chi connectivity index (χ1v) is 11.1. The van der Waals surface area contributed by atoms with Crippen molar-refractivity contribution in [3.63, 3.8) is 0 Å². The largest absolute Gasteiger partial charge is 0.494 e. The number of anilines is 2. The third-order valence-electron chi connectivity index (χ3n) is 5.74. The predicted molar refractivity (Wildman–Crippen MR) is 131 cm³/mol. The molecule has 174 valence electrons. The van der Waals surface area contributed by atoms with Gasteiger partial charge in [0, 0.05) is 23.1 Å². The Kier molecular flexibility index (Phi) is 5.62. The van der Waals surface area contributed by atoms with Crippen LogP contribution in [0.3, 0.4) is 0 Å². The number of carbonyl (C=O) groups excluding carboxylic acids is 3. The molecule has 0 radical (unpaired) electrons. The number of aromatic nitrogens is 2. The number of aryl methyl sites for hydroxylation is 1. The van der Waals surface area contributed by atoms with Crippen LogP contribution in [0.4, 0.5) is 11.4 Å². The molecule has 4 aromatic rings. The maximum atomic E-state index is 13.1. The van der Waals surface area contributed by atoms with E-state index in [0.717, 1.165) is 16.3 Å². The van der Waals surface area contributed by atoms with E-state index >= 15 is 0 Å². The quantitative estimate of drug-likeness (QED) is 0.418. The maximum Gasteiger partial charge on any atom is 0.266 e. The fraction of sp³-hybridized carbons (Fsp3) is 0.111. The van der Waals surface area contributed by atoms with Crippen LogP contribution in [0, 0.1) is 6.92 Å². The van der Waals surface area contributed by atoms with Gasteiger partial charge in [0.1, 0.15) is 5.75 Å². The normalized spacial score (nSPS) is 12.6. The molecule has 1 aromatic heterocycles. The van der Waals surface area contributed by atoms with Crippen molar-refractivity contribution in [1.29, 1.82) is 0 Å². The van der Waals surface area contributed by atoms with Crippen LogP contribution >= 0.6 is 0 Å². The van der Waals surface area contributed by atoms with E-state index in [0.29, 0.717) is 23.7 Å². The topological polar surface area (TPSA) is 93.5 Å². The van der Waals surface area contributed by atoms with Gasteiger partial charge in [0.25, 0.3) is 17.7 Å². The molecule has 0 fully saturated rings. The van der Waals surface area contributed by atoms with Gasteiger partial charge in [-0.25, -0.2) is 9.58 Å². The smallest absolute Gasteiger partial charge is 0.266 e. The van der Waals surface area contributed by atoms with Crippen molar-refractivity contribution in [3.8, 4) is 11.4 Å². The fourth-order valence-electron chi connectivity index (χ4n) is 4.03. The minimum absolute atomic E-state index is 0.192. The van der Waals surface area contributed by atoms with Gasteiger partial charge < -0.3 is 10.1 Å². The molecule has 0 saturated carbocycles. The average Bonchev–Trinajstić information content (AvgIpc) is 3.40. The molecule has 35 heavy (non-hydrogen) atoms. The lowest BCUT2D eigenvalue weighted by molar-refractivity contribution is 0.0925. The number of hydrogen-bond acceptors (Lipinski definition) is 5. The predicted octanol–water partition coefficient (Wildman–Crippen LogP) is 4.63. The van der Waals surface area contributed by atoms with Crippen molar-refractivity contribution >= 4 is 29.1 Å². The Bertz CT molecular complexity index is 1460. The van der Waals surface area contributed by atoms with Crippen molar-refractivity contribution in [1.82, 2.24) is 9.78 Å². The van der Waals surface area contributed by atoms with E-state index in [1.54, 1.807) is 47.3 Å². The summed E-state index contributed by atoms with van der Waals surface area (Å²) in [5.41, 5.74) is 3.53. The van der Waals surface area contributed by atoms with E-state index in [2.05, 4.69) is 10.4 Å². The van der Waals surface area contributed by atoms with Crippen LogP contribution in [-0.4, -0.2) is 34.1 Å². The average molecular weight is 466 g/mol. The highest BCUT2D eigenvalue weighted by atomic mass is 16.5. The summed E-state index contributed by atoms with van der Waals surface area (Å²) in [6.45, 7) is 4.34. The van der Waals surface area contributed by atoms with Crippen LogP contribution < -0.4 is 15.0 Å². The van der Waals surface area contributed by atoms with Crippen molar-refractivity contribution in [2.45, 2.75) is 13.8 Å². The van der Waals surface area contributed by atoms with Crippen molar-refractivity contribution in [2.75, 3.05) is 16.8 Å². The number of amides is 3. The van der Waals surface area contributed by atoms with E-state index in [1.165, 1.54) is 12.1 Å². The summed E-state index contributed by atoms with van der Waals surface area (Å²) in [5.74, 6) is -0.635.